The van der Waals surface area contributed by atoms with E-state index in [9.17, 15) is 18.0 Å². The molecule has 0 bridgehead atoms. The number of carbonyl (C=O) groups is 1. The van der Waals surface area contributed by atoms with E-state index in [1.165, 1.54) is 23.5 Å². The van der Waals surface area contributed by atoms with Gasteiger partial charge in [-0.2, -0.15) is 13.2 Å². The van der Waals surface area contributed by atoms with E-state index >= 15 is 0 Å². The number of nitrogens with zero attached hydrogens (tertiary/aromatic N) is 1. The Labute approximate surface area is 180 Å². The number of hydrogen-bond acceptors (Lipinski definition) is 5. The lowest BCUT2D eigenvalue weighted by molar-refractivity contribution is -0.137. The van der Waals surface area contributed by atoms with Gasteiger partial charge in [-0.15, -0.1) is 11.3 Å². The number of halogens is 3. The van der Waals surface area contributed by atoms with Gasteiger partial charge in [0.15, 0.2) is 0 Å². The van der Waals surface area contributed by atoms with Gasteiger partial charge in [-0.05, 0) is 49.1 Å². The molecule has 3 aromatic rings. The Hall–Kier alpha value is -2.91. The van der Waals surface area contributed by atoms with Gasteiger partial charge >= 0.3 is 6.18 Å². The summed E-state index contributed by atoms with van der Waals surface area (Å²) in [5.41, 5.74) is 4.48. The topological polar surface area (TPSA) is 74.2 Å². The van der Waals surface area contributed by atoms with Gasteiger partial charge in [0.1, 0.15) is 5.01 Å². The van der Waals surface area contributed by atoms with Crippen molar-refractivity contribution < 1.29 is 23.2 Å². The number of rotatable bonds is 6. The Morgan fingerprint density at radius 2 is 1.84 bits per heavy atom. The standard InChI is InChI=1S/C22H20F3N3O2S/c1-12-19(31-21(27-12)14-2-6-15(7-3-14)22(23,24)25)11-26-16-8-4-13(5-9-16)17-10-18(17)20(29)28-30/h2-9,17-18,26,30H,10-11H2,1H3,(H,28,29). The number of anilines is 1. The summed E-state index contributed by atoms with van der Waals surface area (Å²) in [6.45, 7) is 2.42. The molecule has 1 fully saturated rings. The average Bonchev–Trinajstić information content (AvgIpc) is 3.47. The molecule has 2 aromatic carbocycles. The quantitative estimate of drug-likeness (QED) is 0.351. The monoisotopic (exact) mass is 447 g/mol. The van der Waals surface area contributed by atoms with Crippen LogP contribution < -0.4 is 10.8 Å². The van der Waals surface area contributed by atoms with Gasteiger partial charge in [-0.1, -0.05) is 24.3 Å². The first-order valence-corrected chi connectivity index (χ1v) is 10.5. The molecule has 2 atom stereocenters. The summed E-state index contributed by atoms with van der Waals surface area (Å²) in [5, 5.41) is 12.7. The number of alkyl halides is 3. The Morgan fingerprint density at radius 3 is 2.45 bits per heavy atom. The fourth-order valence-corrected chi connectivity index (χ4v) is 4.49. The van der Waals surface area contributed by atoms with E-state index in [0.717, 1.165) is 40.4 Å². The Bertz CT molecular complexity index is 1080. The molecular weight excluding hydrogens is 427 g/mol. The highest BCUT2D eigenvalue weighted by molar-refractivity contribution is 7.15. The largest absolute Gasteiger partial charge is 0.416 e. The number of aryl methyl sites for hydroxylation is 1. The Morgan fingerprint density at radius 1 is 1.16 bits per heavy atom. The second-order valence-corrected chi connectivity index (χ2v) is 8.59. The summed E-state index contributed by atoms with van der Waals surface area (Å²) in [5.74, 6) is -0.389. The molecule has 0 spiro atoms. The van der Waals surface area contributed by atoms with E-state index in [2.05, 4.69) is 10.3 Å². The molecule has 9 heteroatoms. The molecule has 31 heavy (non-hydrogen) atoms. The van der Waals surface area contributed by atoms with Crippen LogP contribution in [0, 0.1) is 12.8 Å². The van der Waals surface area contributed by atoms with Gasteiger partial charge in [-0.25, -0.2) is 10.5 Å². The van der Waals surface area contributed by atoms with Crippen LogP contribution in [0.25, 0.3) is 10.6 Å². The van der Waals surface area contributed by atoms with Crippen molar-refractivity contribution in [1.82, 2.24) is 10.5 Å². The molecule has 1 aliphatic carbocycles. The van der Waals surface area contributed by atoms with E-state index in [1.807, 2.05) is 31.2 Å². The molecule has 5 nitrogen and oxygen atoms in total. The highest BCUT2D eigenvalue weighted by Gasteiger charge is 2.43. The summed E-state index contributed by atoms with van der Waals surface area (Å²) in [6.07, 6.45) is -3.63. The molecule has 162 valence electrons. The van der Waals surface area contributed by atoms with Crippen molar-refractivity contribution in [3.8, 4) is 10.6 Å². The third-order valence-electron chi connectivity index (χ3n) is 5.38. The molecule has 0 saturated heterocycles. The van der Waals surface area contributed by atoms with Gasteiger partial charge in [-0.3, -0.25) is 10.0 Å². The van der Waals surface area contributed by atoms with Crippen molar-refractivity contribution >= 4 is 22.9 Å². The van der Waals surface area contributed by atoms with Gasteiger partial charge in [0.05, 0.1) is 17.8 Å². The number of hydrogen-bond donors (Lipinski definition) is 3. The molecule has 1 heterocycles. The molecule has 4 rings (SSSR count). The van der Waals surface area contributed by atoms with Gasteiger partial charge in [0.2, 0.25) is 5.91 Å². The second kappa shape index (κ2) is 8.32. The summed E-state index contributed by atoms with van der Waals surface area (Å²) >= 11 is 1.45. The SMILES string of the molecule is Cc1nc(-c2ccc(C(F)(F)F)cc2)sc1CNc1ccc(C2CC2C(=O)NO)cc1. The van der Waals surface area contributed by atoms with E-state index in [1.54, 1.807) is 5.48 Å². The second-order valence-electron chi connectivity index (χ2n) is 7.50. The number of amides is 1. The zero-order valence-corrected chi connectivity index (χ0v) is 17.3. The zero-order chi connectivity index (χ0) is 22.2. The number of nitrogens with one attached hydrogen (secondary N) is 2. The average molecular weight is 447 g/mol. The predicted molar refractivity (Wildman–Crippen MR) is 112 cm³/mol. The van der Waals surface area contributed by atoms with Gasteiger partial charge in [0, 0.05) is 22.0 Å². The number of thiazole rings is 1. The first-order valence-electron chi connectivity index (χ1n) is 9.68. The first kappa shape index (κ1) is 21.3. The van der Waals surface area contributed by atoms with Crippen LogP contribution in [-0.4, -0.2) is 16.1 Å². The lowest BCUT2D eigenvalue weighted by Gasteiger charge is -2.07. The van der Waals surface area contributed by atoms with Crippen molar-refractivity contribution in [2.45, 2.75) is 32.0 Å². The van der Waals surface area contributed by atoms with Crippen molar-refractivity contribution in [3.63, 3.8) is 0 Å². The van der Waals surface area contributed by atoms with Gasteiger partial charge < -0.3 is 5.32 Å². The highest BCUT2D eigenvalue weighted by Crippen LogP contribution is 2.47. The molecular formula is C22H20F3N3O2S. The lowest BCUT2D eigenvalue weighted by atomic mass is 10.1. The Kier molecular flexibility index (Phi) is 5.72. The maximum Gasteiger partial charge on any atom is 0.416 e. The van der Waals surface area contributed by atoms with E-state index in [0.29, 0.717) is 17.1 Å². The molecule has 0 aliphatic heterocycles. The summed E-state index contributed by atoms with van der Waals surface area (Å²) in [7, 11) is 0. The summed E-state index contributed by atoms with van der Waals surface area (Å²) in [4.78, 5) is 17.0. The highest BCUT2D eigenvalue weighted by atomic mass is 32.1. The minimum atomic E-state index is -4.35. The molecule has 1 aliphatic rings. The molecule has 1 amide bonds. The lowest BCUT2D eigenvalue weighted by Crippen LogP contribution is -2.20. The van der Waals surface area contributed by atoms with Crippen molar-refractivity contribution in [2.24, 2.45) is 5.92 Å². The maximum absolute atomic E-state index is 12.7. The minimum Gasteiger partial charge on any atom is -0.380 e. The fourth-order valence-electron chi connectivity index (χ4n) is 3.48. The smallest absolute Gasteiger partial charge is 0.380 e. The maximum atomic E-state index is 12.7. The summed E-state index contributed by atoms with van der Waals surface area (Å²) in [6, 6.07) is 12.8. The number of hydroxylamine groups is 1. The van der Waals surface area contributed by atoms with Crippen molar-refractivity contribution in [1.29, 1.82) is 0 Å². The van der Waals surface area contributed by atoms with Crippen LogP contribution >= 0.6 is 11.3 Å². The fraction of sp³-hybridized carbons (Fsp3) is 0.273. The third-order valence-corrected chi connectivity index (χ3v) is 6.59. The van der Waals surface area contributed by atoms with Crippen LogP contribution in [0.2, 0.25) is 0 Å². The molecule has 2 unspecified atom stereocenters. The molecule has 1 saturated carbocycles. The third kappa shape index (κ3) is 4.72. The van der Waals surface area contributed by atoms with Crippen LogP contribution in [0.5, 0.6) is 0 Å². The van der Waals surface area contributed by atoms with Crippen molar-refractivity contribution in [3.05, 3.63) is 70.2 Å². The first-order chi connectivity index (χ1) is 14.8. The molecule has 3 N–H and O–H groups in total. The normalized spacial score (nSPS) is 18.0. The molecule has 1 aromatic heterocycles. The van der Waals surface area contributed by atoms with E-state index in [4.69, 9.17) is 5.21 Å². The number of benzene rings is 2. The summed E-state index contributed by atoms with van der Waals surface area (Å²) < 4.78 is 38.2. The molecule has 0 radical (unpaired) electrons. The zero-order valence-electron chi connectivity index (χ0n) is 16.5. The van der Waals surface area contributed by atoms with Crippen LogP contribution in [0.4, 0.5) is 18.9 Å². The minimum absolute atomic E-state index is 0.135. The Balaban J connectivity index is 1.38. The predicted octanol–water partition coefficient (Wildman–Crippen LogP) is 5.36. The number of aromatic nitrogens is 1. The van der Waals surface area contributed by atoms with E-state index in [-0.39, 0.29) is 17.7 Å². The van der Waals surface area contributed by atoms with Crippen LogP contribution in [0.3, 0.4) is 0 Å². The van der Waals surface area contributed by atoms with Crippen LogP contribution in [0.15, 0.2) is 48.5 Å². The number of carbonyl (C=O) groups excluding carboxylic acids is 1. The van der Waals surface area contributed by atoms with Crippen LogP contribution in [0.1, 0.15) is 34.0 Å². The van der Waals surface area contributed by atoms with Crippen molar-refractivity contribution in [2.75, 3.05) is 5.32 Å². The van der Waals surface area contributed by atoms with Crippen LogP contribution in [-0.2, 0) is 17.5 Å². The van der Waals surface area contributed by atoms with Gasteiger partial charge in [0.25, 0.3) is 0 Å². The van der Waals surface area contributed by atoms with E-state index < -0.39 is 11.7 Å².